The van der Waals surface area contributed by atoms with Crippen molar-refractivity contribution in [3.63, 3.8) is 0 Å². The standard InChI is InChI=1S/C14H20FN3O3/c1-11-9-13(14(18(19)20)10-12(11)15)16-3-2-4-17-5-7-21-8-6-17/h9-10,16H,2-8H2,1H3. The first kappa shape index (κ1) is 15.7. The van der Waals surface area contributed by atoms with Crippen LogP contribution in [-0.2, 0) is 4.74 Å². The molecule has 1 N–H and O–H groups in total. The molecule has 1 aliphatic heterocycles. The first-order valence-electron chi connectivity index (χ1n) is 7.06. The molecule has 0 radical (unpaired) electrons. The van der Waals surface area contributed by atoms with Crippen LogP contribution in [0.1, 0.15) is 12.0 Å². The van der Waals surface area contributed by atoms with Crippen molar-refractivity contribution >= 4 is 11.4 Å². The molecule has 1 aromatic rings. The van der Waals surface area contributed by atoms with Crippen LogP contribution in [-0.4, -0.2) is 49.2 Å². The van der Waals surface area contributed by atoms with E-state index in [1.54, 1.807) is 6.92 Å². The number of hydrogen-bond donors (Lipinski definition) is 1. The maximum absolute atomic E-state index is 13.4. The van der Waals surface area contributed by atoms with Crippen LogP contribution in [0, 0.1) is 22.9 Å². The lowest BCUT2D eigenvalue weighted by Gasteiger charge is -2.26. The van der Waals surface area contributed by atoms with Gasteiger partial charge in [-0.1, -0.05) is 0 Å². The molecule has 0 aliphatic carbocycles. The highest BCUT2D eigenvalue weighted by Crippen LogP contribution is 2.27. The number of halogens is 1. The topological polar surface area (TPSA) is 67.6 Å². The number of hydrogen-bond acceptors (Lipinski definition) is 5. The molecule has 0 bridgehead atoms. The molecule has 0 aromatic heterocycles. The third-order valence-corrected chi connectivity index (χ3v) is 3.54. The van der Waals surface area contributed by atoms with Crippen LogP contribution < -0.4 is 5.32 Å². The van der Waals surface area contributed by atoms with Gasteiger partial charge in [0.2, 0.25) is 0 Å². The summed E-state index contributed by atoms with van der Waals surface area (Å²) in [5, 5.41) is 14.0. The molecule has 0 spiro atoms. The lowest BCUT2D eigenvalue weighted by Crippen LogP contribution is -2.37. The van der Waals surface area contributed by atoms with Crippen LogP contribution in [0.25, 0.3) is 0 Å². The second-order valence-corrected chi connectivity index (χ2v) is 5.11. The van der Waals surface area contributed by atoms with Crippen molar-refractivity contribution in [2.45, 2.75) is 13.3 Å². The number of nitrogens with one attached hydrogen (secondary N) is 1. The van der Waals surface area contributed by atoms with E-state index in [9.17, 15) is 14.5 Å². The molecule has 1 aromatic carbocycles. The molecule has 116 valence electrons. The number of nitrogens with zero attached hydrogens (tertiary/aromatic N) is 2. The van der Waals surface area contributed by atoms with Crippen molar-refractivity contribution < 1.29 is 14.1 Å². The Hall–Kier alpha value is -1.73. The van der Waals surface area contributed by atoms with Gasteiger partial charge in [-0.2, -0.15) is 0 Å². The van der Waals surface area contributed by atoms with Crippen molar-refractivity contribution in [1.29, 1.82) is 0 Å². The molecule has 1 heterocycles. The van der Waals surface area contributed by atoms with Gasteiger partial charge in [0.15, 0.2) is 0 Å². The summed E-state index contributed by atoms with van der Waals surface area (Å²) in [6.45, 7) is 6.50. The number of morpholine rings is 1. The van der Waals surface area contributed by atoms with Crippen molar-refractivity contribution in [2.24, 2.45) is 0 Å². The largest absolute Gasteiger partial charge is 0.379 e. The number of nitro groups is 1. The van der Waals surface area contributed by atoms with Gasteiger partial charge in [0.25, 0.3) is 5.69 Å². The molecule has 0 unspecified atom stereocenters. The minimum Gasteiger partial charge on any atom is -0.379 e. The number of benzene rings is 1. The SMILES string of the molecule is Cc1cc(NCCCN2CCOCC2)c([N+](=O)[O-])cc1F. The monoisotopic (exact) mass is 297 g/mol. The van der Waals surface area contributed by atoms with Crippen molar-refractivity contribution in [2.75, 3.05) is 44.7 Å². The molecule has 0 saturated carbocycles. The van der Waals surface area contributed by atoms with Crippen LogP contribution in [0.4, 0.5) is 15.8 Å². The Labute approximate surface area is 123 Å². The van der Waals surface area contributed by atoms with E-state index in [1.165, 1.54) is 6.07 Å². The van der Waals surface area contributed by atoms with E-state index in [1.807, 2.05) is 0 Å². The summed E-state index contributed by atoms with van der Waals surface area (Å²) in [5.74, 6) is -0.555. The highest BCUT2D eigenvalue weighted by atomic mass is 19.1. The van der Waals surface area contributed by atoms with Gasteiger partial charge in [-0.15, -0.1) is 0 Å². The summed E-state index contributed by atoms with van der Waals surface area (Å²) in [5.41, 5.74) is 0.557. The summed E-state index contributed by atoms with van der Waals surface area (Å²) in [4.78, 5) is 12.7. The van der Waals surface area contributed by atoms with E-state index in [0.717, 1.165) is 45.3 Å². The Balaban J connectivity index is 1.87. The van der Waals surface area contributed by atoms with Gasteiger partial charge in [-0.3, -0.25) is 15.0 Å². The molecule has 1 saturated heterocycles. The zero-order valence-electron chi connectivity index (χ0n) is 12.1. The van der Waals surface area contributed by atoms with Gasteiger partial charge < -0.3 is 10.1 Å². The molecular weight excluding hydrogens is 277 g/mol. The predicted octanol–water partition coefficient (Wildman–Crippen LogP) is 2.18. The molecule has 6 nitrogen and oxygen atoms in total. The normalized spacial score (nSPS) is 15.9. The fourth-order valence-corrected chi connectivity index (χ4v) is 2.31. The smallest absolute Gasteiger partial charge is 0.295 e. The van der Waals surface area contributed by atoms with Gasteiger partial charge in [0, 0.05) is 19.6 Å². The highest BCUT2D eigenvalue weighted by molar-refractivity contribution is 5.63. The van der Waals surface area contributed by atoms with Gasteiger partial charge in [0.05, 0.1) is 24.2 Å². The van der Waals surface area contributed by atoms with Gasteiger partial charge in [-0.05, 0) is 31.5 Å². The fraction of sp³-hybridized carbons (Fsp3) is 0.571. The third kappa shape index (κ3) is 4.37. The van der Waals surface area contributed by atoms with Gasteiger partial charge >= 0.3 is 0 Å². The quantitative estimate of drug-likeness (QED) is 0.495. The second-order valence-electron chi connectivity index (χ2n) is 5.11. The lowest BCUT2D eigenvalue weighted by molar-refractivity contribution is -0.384. The van der Waals surface area contributed by atoms with Crippen LogP contribution in [0.15, 0.2) is 12.1 Å². The van der Waals surface area contributed by atoms with E-state index >= 15 is 0 Å². The number of aryl methyl sites for hydroxylation is 1. The Morgan fingerprint density at radius 1 is 1.43 bits per heavy atom. The average molecular weight is 297 g/mol. The van der Waals surface area contributed by atoms with E-state index in [2.05, 4.69) is 10.2 Å². The number of nitro benzene ring substituents is 1. The lowest BCUT2D eigenvalue weighted by atomic mass is 10.1. The Bertz CT molecular complexity index is 504. The summed E-state index contributed by atoms with van der Waals surface area (Å²) >= 11 is 0. The Morgan fingerprint density at radius 3 is 2.81 bits per heavy atom. The van der Waals surface area contributed by atoms with E-state index in [-0.39, 0.29) is 5.69 Å². The molecular formula is C14H20FN3O3. The van der Waals surface area contributed by atoms with Crippen LogP contribution >= 0.6 is 0 Å². The summed E-state index contributed by atoms with van der Waals surface area (Å²) in [6, 6.07) is 2.46. The van der Waals surface area contributed by atoms with E-state index < -0.39 is 10.7 Å². The molecule has 7 heteroatoms. The van der Waals surface area contributed by atoms with E-state index in [0.29, 0.717) is 17.8 Å². The average Bonchev–Trinajstić information content (AvgIpc) is 2.47. The summed E-state index contributed by atoms with van der Waals surface area (Å²) in [7, 11) is 0. The maximum Gasteiger partial charge on any atom is 0.295 e. The maximum atomic E-state index is 13.4. The van der Waals surface area contributed by atoms with Crippen molar-refractivity contribution in [3.05, 3.63) is 33.6 Å². The molecule has 2 rings (SSSR count). The third-order valence-electron chi connectivity index (χ3n) is 3.54. The molecule has 1 fully saturated rings. The van der Waals surface area contributed by atoms with Crippen LogP contribution in [0.2, 0.25) is 0 Å². The molecule has 0 amide bonds. The number of anilines is 1. The highest BCUT2D eigenvalue weighted by Gasteiger charge is 2.17. The Kier molecular flexibility index (Phi) is 5.46. The number of ether oxygens (including phenoxy) is 1. The fourth-order valence-electron chi connectivity index (χ4n) is 2.31. The van der Waals surface area contributed by atoms with Crippen LogP contribution in [0.3, 0.4) is 0 Å². The minimum atomic E-state index is -0.563. The molecule has 0 atom stereocenters. The summed E-state index contributed by atoms with van der Waals surface area (Å²) in [6.07, 6.45) is 0.869. The van der Waals surface area contributed by atoms with Gasteiger partial charge in [-0.25, -0.2) is 4.39 Å². The first-order chi connectivity index (χ1) is 10.1. The number of rotatable bonds is 6. The zero-order chi connectivity index (χ0) is 15.2. The van der Waals surface area contributed by atoms with Crippen LogP contribution in [0.5, 0.6) is 0 Å². The first-order valence-corrected chi connectivity index (χ1v) is 7.06. The predicted molar refractivity (Wildman–Crippen MR) is 78.2 cm³/mol. The minimum absolute atomic E-state index is 0.218. The summed E-state index contributed by atoms with van der Waals surface area (Å²) < 4.78 is 18.7. The molecule has 1 aliphatic rings. The molecule has 21 heavy (non-hydrogen) atoms. The van der Waals surface area contributed by atoms with Crippen molar-refractivity contribution in [1.82, 2.24) is 4.90 Å². The van der Waals surface area contributed by atoms with E-state index in [4.69, 9.17) is 4.74 Å². The van der Waals surface area contributed by atoms with Crippen molar-refractivity contribution in [3.8, 4) is 0 Å². The second kappa shape index (κ2) is 7.33. The van der Waals surface area contributed by atoms with Gasteiger partial charge in [0.1, 0.15) is 11.5 Å². The Morgan fingerprint density at radius 2 is 2.14 bits per heavy atom. The zero-order valence-corrected chi connectivity index (χ0v) is 12.1.